The number of carbonyl (C=O) groups excluding carboxylic acids is 3. The molecule has 0 saturated carbocycles. The summed E-state index contributed by atoms with van der Waals surface area (Å²) in [6.45, 7) is 5.67. The monoisotopic (exact) mass is 369 g/mol. The molecule has 6 nitrogen and oxygen atoms in total. The van der Waals surface area contributed by atoms with Crippen LogP contribution >= 0.6 is 0 Å². The Balaban J connectivity index is 1.86. The van der Waals surface area contributed by atoms with Gasteiger partial charge in [0, 0.05) is 11.3 Å². The summed E-state index contributed by atoms with van der Waals surface area (Å²) in [5, 5.41) is 2.61. The van der Waals surface area contributed by atoms with Crippen molar-refractivity contribution < 1.29 is 23.9 Å². The zero-order chi connectivity index (χ0) is 19.8. The van der Waals surface area contributed by atoms with Gasteiger partial charge in [-0.2, -0.15) is 0 Å². The van der Waals surface area contributed by atoms with Crippen molar-refractivity contribution in [2.75, 3.05) is 18.5 Å². The van der Waals surface area contributed by atoms with Crippen LogP contribution in [0.5, 0.6) is 5.75 Å². The third-order valence-corrected chi connectivity index (χ3v) is 3.56. The molecule has 0 spiro atoms. The van der Waals surface area contributed by atoms with Crippen molar-refractivity contribution in [2.24, 2.45) is 5.92 Å². The van der Waals surface area contributed by atoms with Crippen molar-refractivity contribution in [2.45, 2.75) is 20.8 Å². The Labute approximate surface area is 158 Å². The standard InChI is InChI=1S/C21H23NO5/c1-14(2)12-26-19-6-4-5-17(11-19)21(25)27-13-20(24)22-18-9-7-16(8-10-18)15(3)23/h4-11,14H,12-13H2,1-3H3,(H,22,24). The van der Waals surface area contributed by atoms with E-state index in [1.807, 2.05) is 13.8 Å². The summed E-state index contributed by atoms with van der Waals surface area (Å²) in [7, 11) is 0. The Kier molecular flexibility index (Phi) is 7.11. The number of esters is 1. The number of amides is 1. The molecule has 2 rings (SSSR count). The fraction of sp³-hybridized carbons (Fsp3) is 0.286. The number of ether oxygens (including phenoxy) is 2. The molecule has 142 valence electrons. The van der Waals surface area contributed by atoms with Gasteiger partial charge in [-0.25, -0.2) is 4.79 Å². The lowest BCUT2D eigenvalue weighted by Gasteiger charge is -2.10. The minimum Gasteiger partial charge on any atom is -0.493 e. The highest BCUT2D eigenvalue weighted by Gasteiger charge is 2.12. The molecule has 0 saturated heterocycles. The number of hydrogen-bond acceptors (Lipinski definition) is 5. The first-order chi connectivity index (χ1) is 12.8. The van der Waals surface area contributed by atoms with E-state index in [0.29, 0.717) is 35.1 Å². The summed E-state index contributed by atoms with van der Waals surface area (Å²) in [6, 6.07) is 13.1. The molecule has 2 aromatic rings. The van der Waals surface area contributed by atoms with E-state index in [2.05, 4.69) is 5.32 Å². The zero-order valence-corrected chi connectivity index (χ0v) is 15.7. The minimum atomic E-state index is -0.605. The van der Waals surface area contributed by atoms with E-state index in [-0.39, 0.29) is 5.78 Å². The molecule has 0 atom stereocenters. The molecule has 2 aromatic carbocycles. The van der Waals surface area contributed by atoms with Crippen molar-refractivity contribution in [1.29, 1.82) is 0 Å². The molecule has 0 radical (unpaired) electrons. The molecule has 1 N–H and O–H groups in total. The number of hydrogen-bond donors (Lipinski definition) is 1. The summed E-state index contributed by atoms with van der Waals surface area (Å²) in [4.78, 5) is 35.3. The Hall–Kier alpha value is -3.15. The van der Waals surface area contributed by atoms with Crippen LogP contribution in [0.25, 0.3) is 0 Å². The van der Waals surface area contributed by atoms with Crippen LogP contribution in [0.1, 0.15) is 41.5 Å². The van der Waals surface area contributed by atoms with Gasteiger partial charge in [-0.1, -0.05) is 19.9 Å². The molecular formula is C21H23NO5. The molecule has 0 fully saturated rings. The van der Waals surface area contributed by atoms with Gasteiger partial charge in [0.05, 0.1) is 12.2 Å². The second-order valence-corrected chi connectivity index (χ2v) is 6.49. The zero-order valence-electron chi connectivity index (χ0n) is 15.7. The van der Waals surface area contributed by atoms with Crippen LogP contribution in [0.4, 0.5) is 5.69 Å². The van der Waals surface area contributed by atoms with Gasteiger partial charge in [0.15, 0.2) is 12.4 Å². The van der Waals surface area contributed by atoms with Gasteiger partial charge in [0.25, 0.3) is 5.91 Å². The van der Waals surface area contributed by atoms with E-state index < -0.39 is 18.5 Å². The van der Waals surface area contributed by atoms with E-state index in [1.54, 1.807) is 48.5 Å². The third-order valence-electron chi connectivity index (χ3n) is 3.56. The first kappa shape index (κ1) is 20.2. The Morgan fingerprint density at radius 2 is 1.70 bits per heavy atom. The second-order valence-electron chi connectivity index (χ2n) is 6.49. The van der Waals surface area contributed by atoms with E-state index in [9.17, 15) is 14.4 Å². The van der Waals surface area contributed by atoms with Gasteiger partial charge < -0.3 is 14.8 Å². The highest BCUT2D eigenvalue weighted by molar-refractivity contribution is 5.97. The van der Waals surface area contributed by atoms with E-state index in [4.69, 9.17) is 9.47 Å². The molecule has 6 heteroatoms. The quantitative estimate of drug-likeness (QED) is 0.566. The molecular weight excluding hydrogens is 346 g/mol. The molecule has 27 heavy (non-hydrogen) atoms. The van der Waals surface area contributed by atoms with Gasteiger partial charge in [-0.3, -0.25) is 9.59 Å². The van der Waals surface area contributed by atoms with Crippen LogP contribution < -0.4 is 10.1 Å². The highest BCUT2D eigenvalue weighted by Crippen LogP contribution is 2.15. The maximum absolute atomic E-state index is 12.1. The fourth-order valence-electron chi connectivity index (χ4n) is 2.18. The lowest BCUT2D eigenvalue weighted by Crippen LogP contribution is -2.21. The fourth-order valence-corrected chi connectivity index (χ4v) is 2.18. The lowest BCUT2D eigenvalue weighted by molar-refractivity contribution is -0.119. The SMILES string of the molecule is CC(=O)c1ccc(NC(=O)COC(=O)c2cccc(OCC(C)C)c2)cc1. The summed E-state index contributed by atoms with van der Waals surface area (Å²) < 4.78 is 10.6. The van der Waals surface area contributed by atoms with Gasteiger partial charge in [0.2, 0.25) is 0 Å². The first-order valence-electron chi connectivity index (χ1n) is 8.66. The van der Waals surface area contributed by atoms with E-state index in [0.717, 1.165) is 0 Å². The summed E-state index contributed by atoms with van der Waals surface area (Å²) in [5.41, 5.74) is 1.39. The van der Waals surface area contributed by atoms with Crippen LogP contribution in [-0.2, 0) is 9.53 Å². The minimum absolute atomic E-state index is 0.0542. The third kappa shape index (κ3) is 6.58. The molecule has 0 aliphatic carbocycles. The normalized spacial score (nSPS) is 10.4. The van der Waals surface area contributed by atoms with Crippen molar-refractivity contribution >= 4 is 23.3 Å². The molecule has 1 amide bonds. The van der Waals surface area contributed by atoms with E-state index >= 15 is 0 Å². The Bertz CT molecular complexity index is 812. The van der Waals surface area contributed by atoms with Gasteiger partial charge >= 0.3 is 5.97 Å². The number of anilines is 1. The average molecular weight is 369 g/mol. The predicted octanol–water partition coefficient (Wildman–Crippen LogP) is 3.72. The first-order valence-corrected chi connectivity index (χ1v) is 8.66. The second kappa shape index (κ2) is 9.52. The van der Waals surface area contributed by atoms with Crippen molar-refractivity contribution in [3.8, 4) is 5.75 Å². The predicted molar refractivity (Wildman–Crippen MR) is 102 cm³/mol. The number of carbonyl (C=O) groups is 3. The summed E-state index contributed by atoms with van der Waals surface area (Å²) >= 11 is 0. The summed E-state index contributed by atoms with van der Waals surface area (Å²) in [5.74, 6) is -0.179. The van der Waals surface area contributed by atoms with Crippen molar-refractivity contribution in [3.05, 3.63) is 59.7 Å². The topological polar surface area (TPSA) is 81.7 Å². The van der Waals surface area contributed by atoms with Crippen molar-refractivity contribution in [1.82, 2.24) is 0 Å². The maximum Gasteiger partial charge on any atom is 0.338 e. The van der Waals surface area contributed by atoms with Gasteiger partial charge in [0.1, 0.15) is 5.75 Å². The van der Waals surface area contributed by atoms with Crippen LogP contribution in [0.15, 0.2) is 48.5 Å². The number of Topliss-reactive ketones (excluding diaryl/α,β-unsaturated/α-hetero) is 1. The van der Waals surface area contributed by atoms with E-state index in [1.165, 1.54) is 6.92 Å². The molecule has 0 unspecified atom stereocenters. The molecule has 0 aliphatic heterocycles. The molecule has 0 aromatic heterocycles. The van der Waals surface area contributed by atoms with Gasteiger partial charge in [-0.15, -0.1) is 0 Å². The van der Waals surface area contributed by atoms with Crippen LogP contribution in [0.3, 0.4) is 0 Å². The Morgan fingerprint density at radius 3 is 2.33 bits per heavy atom. The van der Waals surface area contributed by atoms with Crippen molar-refractivity contribution in [3.63, 3.8) is 0 Å². The summed E-state index contributed by atoms with van der Waals surface area (Å²) in [6.07, 6.45) is 0. The molecule has 0 heterocycles. The highest BCUT2D eigenvalue weighted by atomic mass is 16.5. The smallest absolute Gasteiger partial charge is 0.338 e. The Morgan fingerprint density at radius 1 is 1.00 bits per heavy atom. The number of ketones is 1. The maximum atomic E-state index is 12.1. The molecule has 0 bridgehead atoms. The van der Waals surface area contributed by atoms with Gasteiger partial charge in [-0.05, 0) is 55.3 Å². The van der Waals surface area contributed by atoms with Crippen LogP contribution in [-0.4, -0.2) is 30.9 Å². The number of rotatable bonds is 8. The lowest BCUT2D eigenvalue weighted by atomic mass is 10.1. The number of benzene rings is 2. The average Bonchev–Trinajstić information content (AvgIpc) is 2.65. The van der Waals surface area contributed by atoms with Crippen LogP contribution in [0.2, 0.25) is 0 Å². The van der Waals surface area contributed by atoms with Crippen LogP contribution in [0, 0.1) is 5.92 Å². The number of nitrogens with one attached hydrogen (secondary N) is 1. The molecule has 0 aliphatic rings. The largest absolute Gasteiger partial charge is 0.493 e.